The van der Waals surface area contributed by atoms with Gasteiger partial charge in [-0.15, -0.1) is 12.4 Å². The number of hydrogen-bond acceptors (Lipinski definition) is 3. The summed E-state index contributed by atoms with van der Waals surface area (Å²) in [6.45, 7) is 3.06. The van der Waals surface area contributed by atoms with Crippen LogP contribution in [0.1, 0.15) is 26.2 Å². The van der Waals surface area contributed by atoms with E-state index in [0.29, 0.717) is 13.1 Å². The fourth-order valence-electron chi connectivity index (χ4n) is 2.22. The first kappa shape index (κ1) is 16.2. The van der Waals surface area contributed by atoms with Crippen molar-refractivity contribution in [3.8, 4) is 0 Å². The molecule has 4 N–H and O–H groups in total. The lowest BCUT2D eigenvalue weighted by Crippen LogP contribution is -2.41. The Balaban J connectivity index is 0.00000256. The van der Waals surface area contributed by atoms with E-state index in [1.807, 2.05) is 6.92 Å². The van der Waals surface area contributed by atoms with Crippen molar-refractivity contribution < 1.29 is 9.59 Å². The molecule has 0 aromatic rings. The summed E-state index contributed by atoms with van der Waals surface area (Å²) in [7, 11) is 0. The van der Waals surface area contributed by atoms with Gasteiger partial charge in [-0.2, -0.15) is 0 Å². The summed E-state index contributed by atoms with van der Waals surface area (Å²) in [5.41, 5.74) is 5.61. The topological polar surface area (TPSA) is 84.2 Å². The Morgan fingerprint density at radius 2 is 2.00 bits per heavy atom. The molecule has 0 heterocycles. The first-order valence-corrected chi connectivity index (χ1v) is 5.93. The molecule has 0 aliphatic heterocycles. The van der Waals surface area contributed by atoms with Gasteiger partial charge in [0.15, 0.2) is 0 Å². The van der Waals surface area contributed by atoms with Gasteiger partial charge in [-0.3, -0.25) is 9.59 Å². The highest BCUT2D eigenvalue weighted by Crippen LogP contribution is 2.30. The molecule has 0 aromatic heterocycles. The van der Waals surface area contributed by atoms with Crippen molar-refractivity contribution in [2.75, 3.05) is 19.6 Å². The highest BCUT2D eigenvalue weighted by molar-refractivity contribution is 5.86. The second-order valence-corrected chi connectivity index (χ2v) is 4.20. The Morgan fingerprint density at radius 3 is 2.59 bits per heavy atom. The number of hydrogen-bond donors (Lipinski definition) is 3. The normalized spacial score (nSPS) is 22.7. The van der Waals surface area contributed by atoms with Crippen molar-refractivity contribution in [3.63, 3.8) is 0 Å². The van der Waals surface area contributed by atoms with E-state index in [9.17, 15) is 9.59 Å². The van der Waals surface area contributed by atoms with Gasteiger partial charge < -0.3 is 16.4 Å². The minimum atomic E-state index is -0.141. The molecule has 1 fully saturated rings. The van der Waals surface area contributed by atoms with Crippen LogP contribution in [0.3, 0.4) is 0 Å². The number of nitrogens with two attached hydrogens (primary N) is 1. The Labute approximate surface area is 108 Å². The van der Waals surface area contributed by atoms with Crippen LogP contribution in [0.25, 0.3) is 0 Å². The maximum absolute atomic E-state index is 11.8. The molecule has 0 bridgehead atoms. The molecule has 1 rings (SSSR count). The fourth-order valence-corrected chi connectivity index (χ4v) is 2.22. The molecule has 100 valence electrons. The van der Waals surface area contributed by atoms with Crippen LogP contribution >= 0.6 is 12.4 Å². The number of carbonyl (C=O) groups is 2. The lowest BCUT2D eigenvalue weighted by Gasteiger charge is -2.17. The molecule has 1 saturated carbocycles. The summed E-state index contributed by atoms with van der Waals surface area (Å²) in [4.78, 5) is 22.9. The van der Waals surface area contributed by atoms with E-state index < -0.39 is 0 Å². The molecule has 2 atom stereocenters. The van der Waals surface area contributed by atoms with E-state index in [2.05, 4.69) is 10.6 Å². The smallest absolute Gasteiger partial charge is 0.239 e. The molecule has 17 heavy (non-hydrogen) atoms. The lowest BCUT2D eigenvalue weighted by molar-refractivity contribution is -0.129. The second-order valence-electron chi connectivity index (χ2n) is 4.20. The van der Waals surface area contributed by atoms with Crippen molar-refractivity contribution in [2.45, 2.75) is 26.2 Å². The third-order valence-electron chi connectivity index (χ3n) is 3.10. The molecular weight excluding hydrogens is 242 g/mol. The van der Waals surface area contributed by atoms with Crippen LogP contribution in [0.4, 0.5) is 0 Å². The molecule has 6 heteroatoms. The monoisotopic (exact) mass is 263 g/mol. The van der Waals surface area contributed by atoms with Crippen LogP contribution < -0.4 is 16.4 Å². The largest absolute Gasteiger partial charge is 0.355 e. The minimum Gasteiger partial charge on any atom is -0.355 e. The van der Waals surface area contributed by atoms with E-state index >= 15 is 0 Å². The molecule has 5 nitrogen and oxygen atoms in total. The zero-order chi connectivity index (χ0) is 12.0. The van der Waals surface area contributed by atoms with Crippen LogP contribution in [0, 0.1) is 11.8 Å². The quantitative estimate of drug-likeness (QED) is 0.655. The summed E-state index contributed by atoms with van der Waals surface area (Å²) < 4.78 is 0. The van der Waals surface area contributed by atoms with Gasteiger partial charge >= 0.3 is 0 Å². The van der Waals surface area contributed by atoms with Gasteiger partial charge in [-0.25, -0.2) is 0 Å². The van der Waals surface area contributed by atoms with Crippen molar-refractivity contribution in [1.29, 1.82) is 0 Å². The average Bonchev–Trinajstić information content (AvgIpc) is 2.74. The summed E-state index contributed by atoms with van der Waals surface area (Å²) >= 11 is 0. The first-order chi connectivity index (χ1) is 7.69. The maximum atomic E-state index is 11.8. The van der Waals surface area contributed by atoms with Crippen molar-refractivity contribution in [1.82, 2.24) is 10.6 Å². The fraction of sp³-hybridized carbons (Fsp3) is 0.818. The van der Waals surface area contributed by atoms with Crippen LogP contribution in [0.5, 0.6) is 0 Å². The Kier molecular flexibility index (Phi) is 7.91. The third-order valence-corrected chi connectivity index (χ3v) is 3.10. The third kappa shape index (κ3) is 4.91. The predicted octanol–water partition coefficient (Wildman–Crippen LogP) is 0.0355. The van der Waals surface area contributed by atoms with E-state index in [1.165, 1.54) is 0 Å². The lowest BCUT2D eigenvalue weighted by atomic mass is 9.95. The standard InChI is InChI=1S/C11H21N3O2.ClH/c1-2-13-10(15)7-14-11(16)9-5-3-4-8(9)6-12;/h8-9H,2-7,12H2,1H3,(H,13,15)(H,14,16);1H/t8-,9-;/m1./s1. The SMILES string of the molecule is CCNC(=O)CNC(=O)[C@@H]1CCC[C@@H]1CN.Cl. The van der Waals surface area contributed by atoms with Crippen LogP contribution in [-0.4, -0.2) is 31.4 Å². The Bertz CT molecular complexity index is 261. The number of halogens is 1. The van der Waals surface area contributed by atoms with Crippen LogP contribution in [-0.2, 0) is 9.59 Å². The highest BCUT2D eigenvalue weighted by Gasteiger charge is 2.31. The van der Waals surface area contributed by atoms with E-state index in [1.54, 1.807) is 0 Å². The van der Waals surface area contributed by atoms with Gasteiger partial charge in [-0.1, -0.05) is 6.42 Å². The maximum Gasteiger partial charge on any atom is 0.239 e. The minimum absolute atomic E-state index is 0. The molecule has 0 aromatic carbocycles. The molecule has 0 saturated heterocycles. The van der Waals surface area contributed by atoms with Gasteiger partial charge in [-0.05, 0) is 32.2 Å². The zero-order valence-corrected chi connectivity index (χ0v) is 11.0. The summed E-state index contributed by atoms with van der Waals surface area (Å²) in [6.07, 6.45) is 2.97. The number of carbonyl (C=O) groups excluding carboxylic acids is 2. The van der Waals surface area contributed by atoms with E-state index in [-0.39, 0.29) is 42.6 Å². The number of nitrogens with one attached hydrogen (secondary N) is 2. The van der Waals surface area contributed by atoms with Crippen LogP contribution in [0.2, 0.25) is 0 Å². The molecule has 0 radical (unpaired) electrons. The molecular formula is C11H22ClN3O2. The Hall–Kier alpha value is -0.810. The summed E-state index contributed by atoms with van der Waals surface area (Å²) in [5.74, 6) is 0.117. The van der Waals surface area contributed by atoms with E-state index in [0.717, 1.165) is 19.3 Å². The molecule has 1 aliphatic rings. The highest BCUT2D eigenvalue weighted by atomic mass is 35.5. The summed E-state index contributed by atoms with van der Waals surface area (Å²) in [5, 5.41) is 5.31. The molecule has 0 spiro atoms. The van der Waals surface area contributed by atoms with Crippen LogP contribution in [0.15, 0.2) is 0 Å². The number of rotatable bonds is 5. The molecule has 1 aliphatic carbocycles. The van der Waals surface area contributed by atoms with Gasteiger partial charge in [0, 0.05) is 12.5 Å². The Morgan fingerprint density at radius 1 is 1.29 bits per heavy atom. The molecule has 0 unspecified atom stereocenters. The number of likely N-dealkylation sites (N-methyl/N-ethyl adjacent to an activating group) is 1. The second kappa shape index (κ2) is 8.31. The average molecular weight is 264 g/mol. The van der Waals surface area contributed by atoms with Crippen molar-refractivity contribution in [3.05, 3.63) is 0 Å². The van der Waals surface area contributed by atoms with E-state index in [4.69, 9.17) is 5.73 Å². The first-order valence-electron chi connectivity index (χ1n) is 5.93. The van der Waals surface area contributed by atoms with Gasteiger partial charge in [0.05, 0.1) is 6.54 Å². The molecule has 2 amide bonds. The summed E-state index contributed by atoms with van der Waals surface area (Å²) in [6, 6.07) is 0. The number of amides is 2. The van der Waals surface area contributed by atoms with Crippen molar-refractivity contribution in [2.24, 2.45) is 17.6 Å². The van der Waals surface area contributed by atoms with Gasteiger partial charge in [0.1, 0.15) is 0 Å². The zero-order valence-electron chi connectivity index (χ0n) is 10.2. The van der Waals surface area contributed by atoms with Crippen molar-refractivity contribution >= 4 is 24.2 Å². The van der Waals surface area contributed by atoms with Gasteiger partial charge in [0.25, 0.3) is 0 Å². The predicted molar refractivity (Wildman–Crippen MR) is 68.8 cm³/mol. The van der Waals surface area contributed by atoms with Gasteiger partial charge in [0.2, 0.25) is 11.8 Å².